The number of hydrogen-bond acceptors (Lipinski definition) is 3. The normalized spacial score (nSPS) is 25.5. The SMILES string of the molecule is O=C1N(CCCc2ccccc2)CCC[C@]1(O)CNC1CC1. The van der Waals surface area contributed by atoms with Crippen LogP contribution < -0.4 is 5.32 Å². The van der Waals surface area contributed by atoms with E-state index in [1.54, 1.807) is 0 Å². The van der Waals surface area contributed by atoms with Crippen molar-refractivity contribution >= 4 is 5.91 Å². The molecule has 0 unspecified atom stereocenters. The minimum Gasteiger partial charge on any atom is -0.379 e. The zero-order valence-corrected chi connectivity index (χ0v) is 13.1. The van der Waals surface area contributed by atoms with Crippen molar-refractivity contribution in [3.8, 4) is 0 Å². The minimum atomic E-state index is -1.19. The first kappa shape index (κ1) is 15.5. The molecule has 2 N–H and O–H groups in total. The summed E-state index contributed by atoms with van der Waals surface area (Å²) in [7, 11) is 0. The lowest BCUT2D eigenvalue weighted by Gasteiger charge is -2.38. The molecule has 0 bridgehead atoms. The van der Waals surface area contributed by atoms with Gasteiger partial charge < -0.3 is 15.3 Å². The van der Waals surface area contributed by atoms with E-state index in [1.165, 1.54) is 18.4 Å². The van der Waals surface area contributed by atoms with Crippen LogP contribution >= 0.6 is 0 Å². The maximum absolute atomic E-state index is 12.6. The van der Waals surface area contributed by atoms with Gasteiger partial charge in [-0.05, 0) is 44.1 Å². The lowest BCUT2D eigenvalue weighted by atomic mass is 9.91. The molecule has 0 radical (unpaired) electrons. The highest BCUT2D eigenvalue weighted by Gasteiger charge is 2.42. The molecule has 1 saturated heterocycles. The third-order valence-electron chi connectivity index (χ3n) is 4.70. The number of piperidine rings is 1. The summed E-state index contributed by atoms with van der Waals surface area (Å²) in [5, 5.41) is 14.0. The molecule has 120 valence electrons. The molecular weight excluding hydrogens is 276 g/mol. The Bertz CT molecular complexity index is 501. The van der Waals surface area contributed by atoms with E-state index >= 15 is 0 Å². The first-order chi connectivity index (χ1) is 10.7. The van der Waals surface area contributed by atoms with E-state index < -0.39 is 5.60 Å². The van der Waals surface area contributed by atoms with Gasteiger partial charge in [-0.15, -0.1) is 0 Å². The second-order valence-corrected chi connectivity index (χ2v) is 6.67. The molecule has 2 aliphatic rings. The van der Waals surface area contributed by atoms with Crippen LogP contribution in [0.2, 0.25) is 0 Å². The van der Waals surface area contributed by atoms with Crippen molar-refractivity contribution in [2.75, 3.05) is 19.6 Å². The summed E-state index contributed by atoms with van der Waals surface area (Å²) >= 11 is 0. The van der Waals surface area contributed by atoms with Crippen molar-refractivity contribution in [2.45, 2.75) is 50.2 Å². The van der Waals surface area contributed by atoms with E-state index in [1.807, 2.05) is 23.1 Å². The third-order valence-corrected chi connectivity index (χ3v) is 4.70. The van der Waals surface area contributed by atoms with Crippen LogP contribution in [0.4, 0.5) is 0 Å². The van der Waals surface area contributed by atoms with Gasteiger partial charge in [-0.3, -0.25) is 4.79 Å². The molecule has 1 aliphatic heterocycles. The molecule has 1 atom stereocenters. The summed E-state index contributed by atoms with van der Waals surface area (Å²) in [5.41, 5.74) is 0.116. The van der Waals surface area contributed by atoms with Crippen molar-refractivity contribution in [3.05, 3.63) is 35.9 Å². The molecular formula is C18H26N2O2. The zero-order chi connectivity index (χ0) is 15.4. The Kier molecular flexibility index (Phi) is 4.79. The molecule has 0 spiro atoms. The monoisotopic (exact) mass is 302 g/mol. The van der Waals surface area contributed by atoms with Crippen molar-refractivity contribution in [2.24, 2.45) is 0 Å². The topological polar surface area (TPSA) is 52.6 Å². The van der Waals surface area contributed by atoms with Crippen LogP contribution in [0, 0.1) is 0 Å². The summed E-state index contributed by atoms with van der Waals surface area (Å²) in [5.74, 6) is -0.0834. The van der Waals surface area contributed by atoms with Crippen LogP contribution in [0.25, 0.3) is 0 Å². The Morgan fingerprint density at radius 2 is 2.05 bits per heavy atom. The Balaban J connectivity index is 1.48. The molecule has 1 aromatic carbocycles. The van der Waals surface area contributed by atoms with Crippen LogP contribution in [-0.2, 0) is 11.2 Å². The number of nitrogens with one attached hydrogen (secondary N) is 1. The van der Waals surface area contributed by atoms with Crippen molar-refractivity contribution in [3.63, 3.8) is 0 Å². The number of nitrogens with zero attached hydrogens (tertiary/aromatic N) is 1. The lowest BCUT2D eigenvalue weighted by molar-refractivity contribution is -0.156. The highest BCUT2D eigenvalue weighted by molar-refractivity contribution is 5.86. The van der Waals surface area contributed by atoms with E-state index in [-0.39, 0.29) is 5.91 Å². The molecule has 1 aliphatic carbocycles. The van der Waals surface area contributed by atoms with Crippen LogP contribution in [-0.4, -0.2) is 47.2 Å². The maximum atomic E-state index is 12.6. The molecule has 4 nitrogen and oxygen atoms in total. The average molecular weight is 302 g/mol. The molecule has 0 aromatic heterocycles. The Labute approximate surface area is 132 Å². The van der Waals surface area contributed by atoms with Gasteiger partial charge in [0.1, 0.15) is 0 Å². The van der Waals surface area contributed by atoms with Gasteiger partial charge >= 0.3 is 0 Å². The van der Waals surface area contributed by atoms with Crippen molar-refractivity contribution in [1.82, 2.24) is 10.2 Å². The quantitative estimate of drug-likeness (QED) is 0.806. The fraction of sp³-hybridized carbons (Fsp3) is 0.611. The van der Waals surface area contributed by atoms with Gasteiger partial charge in [-0.25, -0.2) is 0 Å². The standard InChI is InChI=1S/C18H26N2O2/c21-17-18(22,14-19-16-9-10-16)11-5-13-20(17)12-4-8-15-6-2-1-3-7-15/h1-3,6-7,16,19,22H,4-5,8-14H2/t18-/m0/s1. The zero-order valence-electron chi connectivity index (χ0n) is 13.1. The van der Waals surface area contributed by atoms with Gasteiger partial charge in [-0.1, -0.05) is 30.3 Å². The van der Waals surface area contributed by atoms with Crippen LogP contribution in [0.15, 0.2) is 30.3 Å². The molecule has 3 rings (SSSR count). The maximum Gasteiger partial charge on any atom is 0.255 e. The van der Waals surface area contributed by atoms with Gasteiger partial charge in [0.05, 0.1) is 0 Å². The van der Waals surface area contributed by atoms with Crippen LogP contribution in [0.3, 0.4) is 0 Å². The predicted octanol–water partition coefficient (Wildman–Crippen LogP) is 1.72. The Morgan fingerprint density at radius 3 is 2.77 bits per heavy atom. The van der Waals surface area contributed by atoms with E-state index in [9.17, 15) is 9.90 Å². The summed E-state index contributed by atoms with van der Waals surface area (Å²) in [6.45, 7) is 1.92. The second-order valence-electron chi connectivity index (χ2n) is 6.67. The number of amides is 1. The Morgan fingerprint density at radius 1 is 1.27 bits per heavy atom. The van der Waals surface area contributed by atoms with Gasteiger partial charge in [0.2, 0.25) is 0 Å². The van der Waals surface area contributed by atoms with Gasteiger partial charge in [0.25, 0.3) is 5.91 Å². The molecule has 1 heterocycles. The largest absolute Gasteiger partial charge is 0.379 e. The third kappa shape index (κ3) is 3.87. The van der Waals surface area contributed by atoms with E-state index in [4.69, 9.17) is 0 Å². The predicted molar refractivity (Wildman–Crippen MR) is 86.6 cm³/mol. The number of likely N-dealkylation sites (tertiary alicyclic amines) is 1. The summed E-state index contributed by atoms with van der Waals surface area (Å²) in [6, 6.07) is 10.9. The van der Waals surface area contributed by atoms with Crippen molar-refractivity contribution < 1.29 is 9.90 Å². The first-order valence-corrected chi connectivity index (χ1v) is 8.46. The summed E-state index contributed by atoms with van der Waals surface area (Å²) in [6.07, 6.45) is 5.74. The Hall–Kier alpha value is -1.39. The molecule has 2 fully saturated rings. The average Bonchev–Trinajstić information content (AvgIpc) is 3.35. The number of rotatable bonds is 7. The van der Waals surface area contributed by atoms with Crippen LogP contribution in [0.1, 0.15) is 37.7 Å². The minimum absolute atomic E-state index is 0.0834. The van der Waals surface area contributed by atoms with Crippen molar-refractivity contribution in [1.29, 1.82) is 0 Å². The van der Waals surface area contributed by atoms with Gasteiger partial charge in [0.15, 0.2) is 5.60 Å². The number of benzene rings is 1. The number of carbonyl (C=O) groups is 1. The fourth-order valence-corrected chi connectivity index (χ4v) is 3.16. The van der Waals surface area contributed by atoms with E-state index in [0.29, 0.717) is 19.0 Å². The molecule has 1 saturated carbocycles. The number of carbonyl (C=O) groups excluding carboxylic acids is 1. The number of hydrogen-bond donors (Lipinski definition) is 2. The van der Waals surface area contributed by atoms with Gasteiger partial charge in [-0.2, -0.15) is 0 Å². The fourth-order valence-electron chi connectivity index (χ4n) is 3.16. The smallest absolute Gasteiger partial charge is 0.255 e. The first-order valence-electron chi connectivity index (χ1n) is 8.46. The number of aryl methyl sites for hydroxylation is 1. The van der Waals surface area contributed by atoms with E-state index in [2.05, 4.69) is 17.4 Å². The number of aliphatic hydroxyl groups is 1. The lowest BCUT2D eigenvalue weighted by Crippen LogP contribution is -2.58. The highest BCUT2D eigenvalue weighted by atomic mass is 16.3. The molecule has 4 heteroatoms. The summed E-state index contributed by atoms with van der Waals surface area (Å²) in [4.78, 5) is 14.4. The molecule has 22 heavy (non-hydrogen) atoms. The van der Waals surface area contributed by atoms with Crippen LogP contribution in [0.5, 0.6) is 0 Å². The van der Waals surface area contributed by atoms with E-state index in [0.717, 1.165) is 32.4 Å². The van der Waals surface area contributed by atoms with Gasteiger partial charge in [0, 0.05) is 25.7 Å². The molecule has 1 aromatic rings. The highest BCUT2D eigenvalue weighted by Crippen LogP contribution is 2.25. The molecule has 1 amide bonds. The second kappa shape index (κ2) is 6.80. The summed E-state index contributed by atoms with van der Waals surface area (Å²) < 4.78 is 0.